The third kappa shape index (κ3) is 4.01. The molecule has 0 saturated carbocycles. The minimum atomic E-state index is -4.42. The van der Waals surface area contributed by atoms with Gasteiger partial charge in [0, 0.05) is 24.5 Å². The van der Waals surface area contributed by atoms with Gasteiger partial charge in [-0.3, -0.25) is 9.97 Å². The number of aliphatic hydroxyl groups excluding tert-OH is 1. The van der Waals surface area contributed by atoms with Crippen LogP contribution in [0.2, 0.25) is 0 Å². The van der Waals surface area contributed by atoms with E-state index in [1.165, 1.54) is 6.07 Å². The third-order valence-corrected chi connectivity index (χ3v) is 3.15. The van der Waals surface area contributed by atoms with Crippen molar-refractivity contribution in [2.24, 2.45) is 0 Å². The van der Waals surface area contributed by atoms with E-state index in [0.29, 0.717) is 5.69 Å². The van der Waals surface area contributed by atoms with Crippen molar-refractivity contribution in [1.29, 1.82) is 0 Å². The monoisotopic (exact) mass is 296 g/mol. The molecule has 2 heterocycles. The Morgan fingerprint density at radius 1 is 1.10 bits per heavy atom. The second kappa shape index (κ2) is 6.22. The first-order chi connectivity index (χ1) is 9.90. The number of hydrogen-bond donors (Lipinski definition) is 1. The molecule has 1 unspecified atom stereocenters. The van der Waals surface area contributed by atoms with Crippen molar-refractivity contribution in [2.45, 2.75) is 32.0 Å². The van der Waals surface area contributed by atoms with Crippen LogP contribution in [0.5, 0.6) is 0 Å². The normalized spacial score (nSPS) is 13.2. The highest BCUT2D eigenvalue weighted by atomic mass is 19.4. The second-order valence-corrected chi connectivity index (χ2v) is 4.70. The van der Waals surface area contributed by atoms with Crippen molar-refractivity contribution in [1.82, 2.24) is 9.97 Å². The van der Waals surface area contributed by atoms with Crippen molar-refractivity contribution >= 4 is 0 Å². The Hall–Kier alpha value is -1.95. The molecule has 1 N–H and O–H groups in total. The molecule has 0 fully saturated rings. The lowest BCUT2D eigenvalue weighted by Gasteiger charge is -2.11. The van der Waals surface area contributed by atoms with Crippen LogP contribution in [0, 0.1) is 0 Å². The van der Waals surface area contributed by atoms with Crippen LogP contribution in [-0.4, -0.2) is 15.1 Å². The quantitative estimate of drug-likeness (QED) is 0.941. The Morgan fingerprint density at radius 2 is 1.86 bits per heavy atom. The molecule has 0 amide bonds. The van der Waals surface area contributed by atoms with Gasteiger partial charge in [-0.15, -0.1) is 0 Å². The van der Waals surface area contributed by atoms with E-state index in [1.807, 2.05) is 13.0 Å². The molecule has 0 aromatic carbocycles. The molecule has 0 aliphatic rings. The molecular formula is C15H15F3N2O. The van der Waals surface area contributed by atoms with Crippen molar-refractivity contribution in [3.63, 3.8) is 0 Å². The second-order valence-electron chi connectivity index (χ2n) is 4.70. The van der Waals surface area contributed by atoms with Crippen molar-refractivity contribution < 1.29 is 18.3 Å². The van der Waals surface area contributed by atoms with Crippen molar-refractivity contribution in [3.05, 3.63) is 59.2 Å². The van der Waals surface area contributed by atoms with E-state index in [-0.39, 0.29) is 12.1 Å². The van der Waals surface area contributed by atoms with E-state index < -0.39 is 17.8 Å². The first-order valence-corrected chi connectivity index (χ1v) is 6.55. The van der Waals surface area contributed by atoms with Crippen LogP contribution in [0.25, 0.3) is 0 Å². The fraction of sp³-hybridized carbons (Fsp3) is 0.333. The highest BCUT2D eigenvalue weighted by molar-refractivity contribution is 5.20. The average molecular weight is 296 g/mol. The Labute approximate surface area is 120 Å². The zero-order valence-electron chi connectivity index (χ0n) is 11.4. The molecule has 0 saturated heterocycles. The van der Waals surface area contributed by atoms with E-state index in [0.717, 1.165) is 24.2 Å². The van der Waals surface area contributed by atoms with Gasteiger partial charge in [-0.05, 0) is 30.2 Å². The van der Waals surface area contributed by atoms with Crippen LogP contribution in [0.3, 0.4) is 0 Å². The minimum absolute atomic E-state index is 0.198. The largest absolute Gasteiger partial charge is 0.417 e. The summed E-state index contributed by atoms with van der Waals surface area (Å²) in [7, 11) is 0. The maximum Gasteiger partial charge on any atom is 0.417 e. The van der Waals surface area contributed by atoms with E-state index in [2.05, 4.69) is 9.97 Å². The molecule has 0 radical (unpaired) electrons. The van der Waals surface area contributed by atoms with Crippen LogP contribution >= 0.6 is 0 Å². The summed E-state index contributed by atoms with van der Waals surface area (Å²) in [6.07, 6.45) is -1.87. The molecule has 0 aliphatic carbocycles. The highest BCUT2D eigenvalue weighted by Gasteiger charge is 2.30. The molecule has 0 spiro atoms. The molecule has 1 atom stereocenters. The van der Waals surface area contributed by atoms with Gasteiger partial charge < -0.3 is 5.11 Å². The number of rotatable bonds is 4. The first kappa shape index (κ1) is 15.4. The molecule has 112 valence electrons. The van der Waals surface area contributed by atoms with Crippen LogP contribution in [0.1, 0.15) is 35.5 Å². The van der Waals surface area contributed by atoms with Gasteiger partial charge in [0.2, 0.25) is 0 Å². The van der Waals surface area contributed by atoms with Crippen LogP contribution in [-0.2, 0) is 19.0 Å². The topological polar surface area (TPSA) is 46.0 Å². The van der Waals surface area contributed by atoms with Gasteiger partial charge in [0.25, 0.3) is 0 Å². The highest BCUT2D eigenvalue weighted by Crippen LogP contribution is 2.29. The predicted octanol–water partition coefficient (Wildman–Crippen LogP) is 3.33. The fourth-order valence-corrected chi connectivity index (χ4v) is 1.86. The van der Waals surface area contributed by atoms with Crippen LogP contribution in [0.4, 0.5) is 13.2 Å². The molecule has 3 nitrogen and oxygen atoms in total. The Balaban J connectivity index is 2.07. The van der Waals surface area contributed by atoms with E-state index in [1.54, 1.807) is 12.3 Å². The number of halogens is 3. The van der Waals surface area contributed by atoms with E-state index >= 15 is 0 Å². The minimum Gasteiger partial charge on any atom is -0.386 e. The summed E-state index contributed by atoms with van der Waals surface area (Å²) in [6, 6.07) is 5.81. The summed E-state index contributed by atoms with van der Waals surface area (Å²) in [5.41, 5.74) is 1.12. The molecule has 2 aromatic heterocycles. The molecule has 2 rings (SSSR count). The van der Waals surface area contributed by atoms with Gasteiger partial charge in [0.1, 0.15) is 6.10 Å². The van der Waals surface area contributed by atoms with Gasteiger partial charge in [-0.2, -0.15) is 13.2 Å². The van der Waals surface area contributed by atoms with Crippen molar-refractivity contribution in [3.8, 4) is 0 Å². The van der Waals surface area contributed by atoms with Crippen LogP contribution < -0.4 is 0 Å². The van der Waals surface area contributed by atoms with Gasteiger partial charge in [0.15, 0.2) is 0 Å². The maximum atomic E-state index is 12.4. The van der Waals surface area contributed by atoms with Crippen LogP contribution in [0.15, 0.2) is 36.7 Å². The van der Waals surface area contributed by atoms with Gasteiger partial charge in [-0.25, -0.2) is 0 Å². The SMILES string of the molecule is CCc1ccc(CC(O)c2ccc(C(F)(F)F)cn2)nc1. The summed E-state index contributed by atoms with van der Waals surface area (Å²) in [5.74, 6) is 0. The number of alkyl halides is 3. The van der Waals surface area contributed by atoms with Gasteiger partial charge in [-0.1, -0.05) is 13.0 Å². The first-order valence-electron chi connectivity index (χ1n) is 6.55. The smallest absolute Gasteiger partial charge is 0.386 e. The zero-order chi connectivity index (χ0) is 15.5. The number of aromatic nitrogens is 2. The molecule has 6 heteroatoms. The van der Waals surface area contributed by atoms with Gasteiger partial charge >= 0.3 is 6.18 Å². The summed E-state index contributed by atoms with van der Waals surface area (Å²) in [4.78, 5) is 7.88. The number of nitrogens with zero attached hydrogens (tertiary/aromatic N) is 2. The lowest BCUT2D eigenvalue weighted by Crippen LogP contribution is -2.09. The fourth-order valence-electron chi connectivity index (χ4n) is 1.86. The van der Waals surface area contributed by atoms with Gasteiger partial charge in [0.05, 0.1) is 11.3 Å². The lowest BCUT2D eigenvalue weighted by atomic mass is 10.1. The molecule has 21 heavy (non-hydrogen) atoms. The van der Waals surface area contributed by atoms with E-state index in [9.17, 15) is 18.3 Å². The zero-order valence-corrected chi connectivity index (χ0v) is 11.4. The molecular weight excluding hydrogens is 281 g/mol. The molecule has 2 aromatic rings. The van der Waals surface area contributed by atoms with E-state index in [4.69, 9.17) is 0 Å². The third-order valence-electron chi connectivity index (χ3n) is 3.15. The predicted molar refractivity (Wildman–Crippen MR) is 71.5 cm³/mol. The summed E-state index contributed by atoms with van der Waals surface area (Å²) in [6.45, 7) is 2.01. The average Bonchev–Trinajstić information content (AvgIpc) is 2.47. The Morgan fingerprint density at radius 3 is 2.33 bits per heavy atom. The molecule has 0 aliphatic heterocycles. The standard InChI is InChI=1S/C15H15F3N2O/c1-2-10-3-5-12(19-8-10)7-14(21)13-6-4-11(9-20-13)15(16,17)18/h3-6,8-9,14,21H,2,7H2,1H3. The summed E-state index contributed by atoms with van der Waals surface area (Å²) < 4.78 is 37.3. The van der Waals surface area contributed by atoms with Crippen molar-refractivity contribution in [2.75, 3.05) is 0 Å². The number of aliphatic hydroxyl groups is 1. The lowest BCUT2D eigenvalue weighted by molar-refractivity contribution is -0.137. The maximum absolute atomic E-state index is 12.4. The Bertz CT molecular complexity index is 579. The molecule has 0 bridgehead atoms. The summed E-state index contributed by atoms with van der Waals surface area (Å²) >= 11 is 0. The number of aryl methyl sites for hydroxylation is 1. The Kier molecular flexibility index (Phi) is 4.57. The summed E-state index contributed by atoms with van der Waals surface area (Å²) in [5, 5.41) is 10.0. The number of hydrogen-bond acceptors (Lipinski definition) is 3. The number of pyridine rings is 2.